The van der Waals surface area contributed by atoms with E-state index in [0.717, 1.165) is 4.57 Å². The Morgan fingerprint density at radius 1 is 1.30 bits per heavy atom. The highest BCUT2D eigenvalue weighted by Crippen LogP contribution is 2.27. The van der Waals surface area contributed by atoms with E-state index in [1.807, 2.05) is 6.92 Å². The molecular weight excluding hydrogens is 350 g/mol. The fraction of sp³-hybridized carbons (Fsp3) is 0.474. The van der Waals surface area contributed by atoms with E-state index in [1.165, 1.54) is 4.90 Å². The number of aliphatic carboxylic acids is 1. The average Bonchev–Trinajstić information content (AvgIpc) is 3.14. The number of aromatic amines is 1. The van der Waals surface area contributed by atoms with Crippen LogP contribution in [0.1, 0.15) is 39.2 Å². The molecule has 8 nitrogen and oxygen atoms in total. The number of hydrogen-bond donors (Lipinski definition) is 2. The molecule has 1 aromatic heterocycles. The van der Waals surface area contributed by atoms with Crippen molar-refractivity contribution in [3.8, 4) is 0 Å². The van der Waals surface area contributed by atoms with E-state index in [9.17, 15) is 24.3 Å². The zero-order valence-electron chi connectivity index (χ0n) is 15.3. The highest BCUT2D eigenvalue weighted by Gasteiger charge is 2.40. The molecule has 3 rings (SSSR count). The first kappa shape index (κ1) is 18.9. The van der Waals surface area contributed by atoms with Gasteiger partial charge in [-0.25, -0.2) is 14.2 Å². The number of nitrogens with zero attached hydrogens (tertiary/aromatic N) is 2. The standard InChI is InChI=1S/C19H23N3O5/c1-3-11(2)15(17(24)21-10-6-9-14(21)18(25)26)22-16(23)12-7-4-5-8-13(12)20-19(22)27/h4-5,7-8,11,14-15H,3,6,9-10H2,1-2H3,(H,20,27)(H,25,26). The van der Waals surface area contributed by atoms with E-state index < -0.39 is 35.2 Å². The van der Waals surface area contributed by atoms with Gasteiger partial charge in [-0.15, -0.1) is 0 Å². The quantitative estimate of drug-likeness (QED) is 0.822. The molecule has 0 radical (unpaired) electrons. The first-order valence-electron chi connectivity index (χ1n) is 9.13. The van der Waals surface area contributed by atoms with Gasteiger partial charge < -0.3 is 15.0 Å². The molecule has 3 atom stereocenters. The second-order valence-electron chi connectivity index (χ2n) is 7.01. The molecule has 0 saturated carbocycles. The maximum Gasteiger partial charge on any atom is 0.329 e. The van der Waals surface area contributed by atoms with Gasteiger partial charge in [0.25, 0.3) is 5.56 Å². The van der Waals surface area contributed by atoms with Crippen molar-refractivity contribution in [3.05, 3.63) is 45.1 Å². The lowest BCUT2D eigenvalue weighted by Gasteiger charge is -2.30. The smallest absolute Gasteiger partial charge is 0.329 e. The van der Waals surface area contributed by atoms with Crippen LogP contribution in [0.2, 0.25) is 0 Å². The summed E-state index contributed by atoms with van der Waals surface area (Å²) in [4.78, 5) is 54.4. The van der Waals surface area contributed by atoms with Gasteiger partial charge in [-0.1, -0.05) is 32.4 Å². The lowest BCUT2D eigenvalue weighted by atomic mass is 9.97. The van der Waals surface area contributed by atoms with Crippen molar-refractivity contribution in [2.75, 3.05) is 6.54 Å². The monoisotopic (exact) mass is 373 g/mol. The summed E-state index contributed by atoms with van der Waals surface area (Å²) >= 11 is 0. The maximum atomic E-state index is 13.3. The van der Waals surface area contributed by atoms with Gasteiger partial charge >= 0.3 is 11.7 Å². The summed E-state index contributed by atoms with van der Waals surface area (Å²) < 4.78 is 0.954. The molecule has 0 aliphatic carbocycles. The molecule has 1 saturated heterocycles. The van der Waals surface area contributed by atoms with Gasteiger partial charge in [0.15, 0.2) is 0 Å². The third-order valence-corrected chi connectivity index (χ3v) is 5.37. The highest BCUT2D eigenvalue weighted by atomic mass is 16.4. The van der Waals surface area contributed by atoms with Crippen LogP contribution in [0.3, 0.4) is 0 Å². The number of H-pyrrole nitrogens is 1. The zero-order valence-corrected chi connectivity index (χ0v) is 15.3. The third kappa shape index (κ3) is 3.27. The predicted octanol–water partition coefficient (Wildman–Crippen LogP) is 1.35. The average molecular weight is 373 g/mol. The van der Waals surface area contributed by atoms with Crippen molar-refractivity contribution in [1.82, 2.24) is 14.5 Å². The van der Waals surface area contributed by atoms with Crippen LogP contribution in [-0.2, 0) is 9.59 Å². The summed E-state index contributed by atoms with van der Waals surface area (Å²) in [5, 5.41) is 9.72. The first-order chi connectivity index (χ1) is 12.9. The first-order valence-corrected chi connectivity index (χ1v) is 9.13. The van der Waals surface area contributed by atoms with E-state index in [0.29, 0.717) is 36.7 Å². The van der Waals surface area contributed by atoms with Crippen LogP contribution in [0.4, 0.5) is 0 Å². The van der Waals surface area contributed by atoms with Crippen LogP contribution in [0.5, 0.6) is 0 Å². The predicted molar refractivity (Wildman–Crippen MR) is 99.7 cm³/mol. The number of para-hydroxylation sites is 1. The van der Waals surface area contributed by atoms with Crippen molar-refractivity contribution in [2.45, 2.75) is 45.2 Å². The summed E-state index contributed by atoms with van der Waals surface area (Å²) in [6.45, 7) is 3.96. The Morgan fingerprint density at radius 2 is 2.00 bits per heavy atom. The lowest BCUT2D eigenvalue weighted by Crippen LogP contribution is -2.50. The molecule has 144 valence electrons. The van der Waals surface area contributed by atoms with Gasteiger partial charge in [0.2, 0.25) is 5.91 Å². The van der Waals surface area contributed by atoms with Gasteiger partial charge in [-0.2, -0.15) is 0 Å². The van der Waals surface area contributed by atoms with Crippen molar-refractivity contribution in [1.29, 1.82) is 0 Å². The minimum absolute atomic E-state index is 0.309. The minimum Gasteiger partial charge on any atom is -0.480 e. The molecule has 1 fully saturated rings. The molecular formula is C19H23N3O5. The molecule has 1 aliphatic rings. The van der Waals surface area contributed by atoms with Crippen LogP contribution in [0, 0.1) is 5.92 Å². The Balaban J connectivity index is 2.16. The van der Waals surface area contributed by atoms with Crippen LogP contribution in [0.25, 0.3) is 10.9 Å². The van der Waals surface area contributed by atoms with Crippen LogP contribution < -0.4 is 11.2 Å². The van der Waals surface area contributed by atoms with E-state index in [1.54, 1.807) is 31.2 Å². The van der Waals surface area contributed by atoms with E-state index in [2.05, 4.69) is 4.98 Å². The normalized spacial score (nSPS) is 19.2. The fourth-order valence-corrected chi connectivity index (χ4v) is 3.72. The Bertz CT molecular complexity index is 993. The maximum absolute atomic E-state index is 13.3. The van der Waals surface area contributed by atoms with E-state index in [-0.39, 0.29) is 5.92 Å². The van der Waals surface area contributed by atoms with Gasteiger partial charge in [0.05, 0.1) is 10.9 Å². The van der Waals surface area contributed by atoms with Crippen molar-refractivity contribution in [3.63, 3.8) is 0 Å². The van der Waals surface area contributed by atoms with Crippen molar-refractivity contribution < 1.29 is 14.7 Å². The molecule has 1 aromatic carbocycles. The summed E-state index contributed by atoms with van der Waals surface area (Å²) in [6.07, 6.45) is 1.51. The largest absolute Gasteiger partial charge is 0.480 e. The number of carboxylic acid groups (broad SMARTS) is 1. The number of fused-ring (bicyclic) bond motifs is 1. The number of amides is 1. The van der Waals surface area contributed by atoms with Crippen molar-refractivity contribution in [2.24, 2.45) is 5.92 Å². The van der Waals surface area contributed by atoms with Crippen LogP contribution >= 0.6 is 0 Å². The number of hydrogen-bond acceptors (Lipinski definition) is 4. The number of carboxylic acids is 1. The summed E-state index contributed by atoms with van der Waals surface area (Å²) in [5.41, 5.74) is -0.800. The second kappa shape index (κ2) is 7.38. The minimum atomic E-state index is -1.07. The molecule has 8 heteroatoms. The van der Waals surface area contributed by atoms with Crippen LogP contribution in [-0.4, -0.2) is 44.0 Å². The number of carbonyl (C=O) groups is 2. The van der Waals surface area contributed by atoms with Crippen LogP contribution in [0.15, 0.2) is 33.9 Å². The Labute approximate surface area is 155 Å². The molecule has 2 heterocycles. The molecule has 1 amide bonds. The number of rotatable bonds is 5. The number of likely N-dealkylation sites (tertiary alicyclic amines) is 1. The molecule has 0 spiro atoms. The lowest BCUT2D eigenvalue weighted by molar-refractivity contribution is -0.150. The second-order valence-corrected chi connectivity index (χ2v) is 7.01. The number of nitrogens with one attached hydrogen (secondary N) is 1. The molecule has 27 heavy (non-hydrogen) atoms. The number of carbonyl (C=O) groups excluding carboxylic acids is 1. The SMILES string of the molecule is CCC(C)C(C(=O)N1CCCC1C(=O)O)n1c(=O)[nH]c2ccccc2c1=O. The molecule has 2 N–H and O–H groups in total. The molecule has 0 bridgehead atoms. The summed E-state index contributed by atoms with van der Waals surface area (Å²) in [6, 6.07) is 4.66. The third-order valence-electron chi connectivity index (χ3n) is 5.37. The van der Waals surface area contributed by atoms with E-state index in [4.69, 9.17) is 0 Å². The molecule has 1 aliphatic heterocycles. The Morgan fingerprint density at radius 3 is 2.67 bits per heavy atom. The summed E-state index contributed by atoms with van der Waals surface area (Å²) in [5.74, 6) is -1.87. The Hall–Kier alpha value is -2.90. The number of benzene rings is 1. The fourth-order valence-electron chi connectivity index (χ4n) is 3.72. The highest BCUT2D eigenvalue weighted by molar-refractivity contribution is 5.87. The van der Waals surface area contributed by atoms with Gasteiger partial charge in [0, 0.05) is 6.54 Å². The number of aromatic nitrogens is 2. The van der Waals surface area contributed by atoms with Gasteiger partial charge in [-0.3, -0.25) is 9.59 Å². The molecule has 2 aromatic rings. The van der Waals surface area contributed by atoms with Crippen molar-refractivity contribution >= 4 is 22.8 Å². The summed E-state index contributed by atoms with van der Waals surface area (Å²) in [7, 11) is 0. The Kier molecular flexibility index (Phi) is 5.16. The van der Waals surface area contributed by atoms with E-state index >= 15 is 0 Å². The molecule has 3 unspecified atom stereocenters. The van der Waals surface area contributed by atoms with Gasteiger partial charge in [0.1, 0.15) is 12.1 Å². The topological polar surface area (TPSA) is 112 Å². The zero-order chi connectivity index (χ0) is 19.7. The van der Waals surface area contributed by atoms with Gasteiger partial charge in [-0.05, 0) is 30.9 Å².